The molecule has 7 nitrogen and oxygen atoms in total. The third-order valence-corrected chi connectivity index (χ3v) is 4.75. The highest BCUT2D eigenvalue weighted by Gasteiger charge is 2.16. The van der Waals surface area contributed by atoms with E-state index in [9.17, 15) is 9.59 Å². The van der Waals surface area contributed by atoms with Gasteiger partial charge in [0.15, 0.2) is 5.96 Å². The van der Waals surface area contributed by atoms with Gasteiger partial charge in [0.25, 0.3) is 5.91 Å². The summed E-state index contributed by atoms with van der Waals surface area (Å²) in [6, 6.07) is 24.7. The van der Waals surface area contributed by atoms with Gasteiger partial charge >= 0.3 is 5.97 Å². The quantitative estimate of drug-likeness (QED) is 0.346. The molecule has 0 bridgehead atoms. The molecule has 3 aromatic carbocycles. The van der Waals surface area contributed by atoms with Crippen LogP contribution in [0.4, 0.5) is 0 Å². The van der Waals surface area contributed by atoms with E-state index in [-0.39, 0.29) is 18.4 Å². The molecule has 0 saturated carbocycles. The fourth-order valence-corrected chi connectivity index (χ4v) is 3.13. The highest BCUT2D eigenvalue weighted by Crippen LogP contribution is 2.21. The van der Waals surface area contributed by atoms with Crippen molar-refractivity contribution in [2.75, 3.05) is 0 Å². The zero-order chi connectivity index (χ0) is 22.2. The van der Waals surface area contributed by atoms with Crippen molar-refractivity contribution in [3.05, 3.63) is 107 Å². The van der Waals surface area contributed by atoms with Crippen molar-refractivity contribution in [2.24, 2.45) is 16.5 Å². The Morgan fingerprint density at radius 1 is 0.871 bits per heavy atom. The smallest absolute Gasteiger partial charge is 0.320 e. The van der Waals surface area contributed by atoms with Crippen molar-refractivity contribution in [1.29, 1.82) is 0 Å². The second-order valence-corrected chi connectivity index (χ2v) is 7.05. The third-order valence-electron chi connectivity index (χ3n) is 4.75. The zero-order valence-corrected chi connectivity index (χ0v) is 16.8. The SMILES string of the molecule is NC(=NC(=O)c1ccc(CC(N)C(=O)O)cc1)NC(c1ccccc1)c1ccccc1. The van der Waals surface area contributed by atoms with Gasteiger partial charge in [0.1, 0.15) is 6.04 Å². The van der Waals surface area contributed by atoms with E-state index in [1.54, 1.807) is 24.3 Å². The van der Waals surface area contributed by atoms with Crippen LogP contribution in [0.25, 0.3) is 0 Å². The molecular weight excluding hydrogens is 392 g/mol. The molecule has 0 spiro atoms. The molecule has 0 heterocycles. The Morgan fingerprint density at radius 3 is 1.87 bits per heavy atom. The van der Waals surface area contributed by atoms with Crippen LogP contribution in [-0.4, -0.2) is 29.0 Å². The molecular formula is C24H24N4O3. The summed E-state index contributed by atoms with van der Waals surface area (Å²) in [5, 5.41) is 12.0. The maximum absolute atomic E-state index is 12.5. The van der Waals surface area contributed by atoms with E-state index in [0.717, 1.165) is 16.7 Å². The summed E-state index contributed by atoms with van der Waals surface area (Å²) in [5.74, 6) is -1.58. The Bertz CT molecular complexity index is 1010. The second-order valence-electron chi connectivity index (χ2n) is 7.05. The number of aliphatic carboxylic acids is 1. The van der Waals surface area contributed by atoms with Crippen LogP contribution in [0, 0.1) is 0 Å². The van der Waals surface area contributed by atoms with Crippen molar-refractivity contribution in [1.82, 2.24) is 5.32 Å². The van der Waals surface area contributed by atoms with Gasteiger partial charge in [-0.2, -0.15) is 4.99 Å². The van der Waals surface area contributed by atoms with Crippen molar-refractivity contribution < 1.29 is 14.7 Å². The molecule has 7 heteroatoms. The number of hydrogen-bond acceptors (Lipinski definition) is 3. The lowest BCUT2D eigenvalue weighted by Gasteiger charge is -2.20. The Kier molecular flexibility index (Phi) is 7.13. The van der Waals surface area contributed by atoms with Crippen LogP contribution in [0.5, 0.6) is 0 Å². The van der Waals surface area contributed by atoms with Gasteiger partial charge in [-0.1, -0.05) is 72.8 Å². The highest BCUT2D eigenvalue weighted by molar-refractivity contribution is 6.02. The lowest BCUT2D eigenvalue weighted by Crippen LogP contribution is -2.36. The maximum atomic E-state index is 12.5. The van der Waals surface area contributed by atoms with E-state index in [2.05, 4.69) is 10.3 Å². The van der Waals surface area contributed by atoms with Gasteiger partial charge in [-0.3, -0.25) is 9.59 Å². The number of carbonyl (C=O) groups excluding carboxylic acids is 1. The molecule has 0 aliphatic carbocycles. The molecule has 158 valence electrons. The van der Waals surface area contributed by atoms with Gasteiger partial charge in [-0.05, 0) is 35.2 Å². The molecule has 0 radical (unpaired) electrons. The highest BCUT2D eigenvalue weighted by atomic mass is 16.4. The van der Waals surface area contributed by atoms with Gasteiger partial charge in [0.2, 0.25) is 0 Å². The summed E-state index contributed by atoms with van der Waals surface area (Å²) in [5.41, 5.74) is 14.6. The average Bonchev–Trinajstić information content (AvgIpc) is 2.79. The third kappa shape index (κ3) is 6.01. The van der Waals surface area contributed by atoms with Gasteiger partial charge in [-0.15, -0.1) is 0 Å². The average molecular weight is 416 g/mol. The molecule has 1 amide bonds. The normalized spacial score (nSPS) is 12.4. The number of guanidine groups is 1. The number of hydrogen-bond donors (Lipinski definition) is 4. The molecule has 0 saturated heterocycles. The number of aliphatic imine (C=N–C) groups is 1. The fraction of sp³-hybridized carbons (Fsp3) is 0.125. The van der Waals surface area contributed by atoms with Gasteiger partial charge in [0.05, 0.1) is 6.04 Å². The molecule has 31 heavy (non-hydrogen) atoms. The first-order valence-electron chi connectivity index (χ1n) is 9.76. The molecule has 1 unspecified atom stereocenters. The summed E-state index contributed by atoms with van der Waals surface area (Å²) in [7, 11) is 0. The Hall–Kier alpha value is -3.97. The number of nitrogens with two attached hydrogens (primary N) is 2. The number of carboxylic acid groups (broad SMARTS) is 1. The van der Waals surface area contributed by atoms with Gasteiger partial charge < -0.3 is 21.9 Å². The van der Waals surface area contributed by atoms with Crippen LogP contribution >= 0.6 is 0 Å². The van der Waals surface area contributed by atoms with E-state index in [1.165, 1.54) is 0 Å². The molecule has 3 rings (SSSR count). The van der Waals surface area contributed by atoms with Crippen molar-refractivity contribution >= 4 is 17.8 Å². The molecule has 0 aromatic heterocycles. The number of benzene rings is 3. The molecule has 6 N–H and O–H groups in total. The maximum Gasteiger partial charge on any atom is 0.320 e. The van der Waals surface area contributed by atoms with Crippen LogP contribution in [0.2, 0.25) is 0 Å². The molecule has 0 aliphatic rings. The number of nitrogens with one attached hydrogen (secondary N) is 1. The fourth-order valence-electron chi connectivity index (χ4n) is 3.13. The number of nitrogens with zero attached hydrogens (tertiary/aromatic N) is 1. The van der Waals surface area contributed by atoms with Crippen LogP contribution in [0.15, 0.2) is 89.9 Å². The number of amides is 1. The molecule has 0 aliphatic heterocycles. The standard InChI is InChI=1S/C24H24N4O3/c25-20(23(30)31)15-16-11-13-19(14-12-16)22(29)28-24(26)27-21(17-7-3-1-4-8-17)18-9-5-2-6-10-18/h1-14,20-21H,15,25H2,(H,30,31)(H3,26,27,28,29). The van der Waals surface area contributed by atoms with E-state index in [0.29, 0.717) is 5.56 Å². The lowest BCUT2D eigenvalue weighted by atomic mass is 9.99. The number of rotatable bonds is 7. The molecule has 3 aromatic rings. The Balaban J connectivity index is 1.74. The Labute approximate surface area is 180 Å². The van der Waals surface area contributed by atoms with E-state index in [1.807, 2.05) is 60.7 Å². The molecule has 0 fully saturated rings. The first-order chi connectivity index (χ1) is 14.9. The van der Waals surface area contributed by atoms with Crippen LogP contribution in [0.3, 0.4) is 0 Å². The van der Waals surface area contributed by atoms with Crippen LogP contribution in [0.1, 0.15) is 33.1 Å². The molecule has 1 atom stereocenters. The summed E-state index contributed by atoms with van der Waals surface area (Å²) >= 11 is 0. The van der Waals surface area contributed by atoms with Crippen molar-refractivity contribution in [3.8, 4) is 0 Å². The minimum Gasteiger partial charge on any atom is -0.480 e. The first kappa shape index (κ1) is 21.7. The van der Waals surface area contributed by atoms with E-state index in [4.69, 9.17) is 16.6 Å². The summed E-state index contributed by atoms with van der Waals surface area (Å²) in [4.78, 5) is 27.4. The van der Waals surface area contributed by atoms with Crippen LogP contribution in [-0.2, 0) is 11.2 Å². The first-order valence-corrected chi connectivity index (χ1v) is 9.76. The van der Waals surface area contributed by atoms with Crippen molar-refractivity contribution in [3.63, 3.8) is 0 Å². The number of carboxylic acids is 1. The minimum atomic E-state index is -1.07. The van der Waals surface area contributed by atoms with Crippen molar-refractivity contribution in [2.45, 2.75) is 18.5 Å². The summed E-state index contributed by atoms with van der Waals surface area (Å²) < 4.78 is 0. The topological polar surface area (TPSA) is 131 Å². The van der Waals surface area contributed by atoms with E-state index < -0.39 is 17.9 Å². The lowest BCUT2D eigenvalue weighted by molar-refractivity contribution is -0.138. The number of carbonyl (C=O) groups is 2. The monoisotopic (exact) mass is 416 g/mol. The Morgan fingerprint density at radius 2 is 1.39 bits per heavy atom. The predicted octanol–water partition coefficient (Wildman–Crippen LogP) is 2.48. The second kappa shape index (κ2) is 10.2. The summed E-state index contributed by atoms with van der Waals surface area (Å²) in [6.07, 6.45) is 0.173. The zero-order valence-electron chi connectivity index (χ0n) is 16.8. The predicted molar refractivity (Wildman–Crippen MR) is 120 cm³/mol. The largest absolute Gasteiger partial charge is 0.480 e. The van der Waals surface area contributed by atoms with Gasteiger partial charge in [-0.25, -0.2) is 0 Å². The van der Waals surface area contributed by atoms with Gasteiger partial charge in [0, 0.05) is 5.56 Å². The van der Waals surface area contributed by atoms with E-state index >= 15 is 0 Å². The minimum absolute atomic E-state index is 0.000294. The summed E-state index contributed by atoms with van der Waals surface area (Å²) in [6.45, 7) is 0. The van der Waals surface area contributed by atoms with Crippen LogP contribution < -0.4 is 16.8 Å².